The number of benzene rings is 4. The molecule has 228 valence electrons. The Kier molecular flexibility index (Phi) is 11.7. The van der Waals surface area contributed by atoms with Crippen LogP contribution in [0.3, 0.4) is 0 Å². The smallest absolute Gasteiger partial charge is 0.251 e. The molecule has 3 amide bonds. The number of amides is 3. The second-order valence-corrected chi connectivity index (χ2v) is 10.5. The van der Waals surface area contributed by atoms with Crippen molar-refractivity contribution in [2.24, 2.45) is 5.73 Å². The first-order valence-electron chi connectivity index (χ1n) is 14.8. The van der Waals surface area contributed by atoms with Gasteiger partial charge in [0.1, 0.15) is 5.75 Å². The second kappa shape index (κ2) is 16.0. The average molecular weight is 593 g/mol. The zero-order chi connectivity index (χ0) is 31.3. The third-order valence-electron chi connectivity index (χ3n) is 7.51. The minimum atomic E-state index is -0.693. The van der Waals surface area contributed by atoms with Gasteiger partial charge >= 0.3 is 0 Å². The molecular formula is C36H40N4O4. The van der Waals surface area contributed by atoms with Gasteiger partial charge in [0.25, 0.3) is 5.91 Å². The summed E-state index contributed by atoms with van der Waals surface area (Å²) in [5.74, 6) is -1.40. The van der Waals surface area contributed by atoms with Gasteiger partial charge in [0.05, 0.1) is 18.4 Å². The summed E-state index contributed by atoms with van der Waals surface area (Å²) in [5.41, 5.74) is 10.9. The highest BCUT2D eigenvalue weighted by Gasteiger charge is 2.26. The molecule has 0 aliphatic heterocycles. The van der Waals surface area contributed by atoms with Crippen molar-refractivity contribution in [2.75, 3.05) is 19.7 Å². The molecule has 4 rings (SSSR count). The lowest BCUT2D eigenvalue weighted by Gasteiger charge is -2.22. The lowest BCUT2D eigenvalue weighted by molar-refractivity contribution is -0.124. The quantitative estimate of drug-likeness (QED) is 0.171. The molecule has 2 atom stereocenters. The van der Waals surface area contributed by atoms with Gasteiger partial charge < -0.3 is 26.4 Å². The lowest BCUT2D eigenvalue weighted by Crippen LogP contribution is -2.41. The van der Waals surface area contributed by atoms with Crippen LogP contribution in [-0.4, -0.2) is 37.4 Å². The van der Waals surface area contributed by atoms with E-state index in [9.17, 15) is 14.4 Å². The standard InChI is InChI=1S/C36H40N4O4/c1-3-44-31-18-16-28(17-19-31)33(23-39-34(41)29-12-8-5-9-13-29)36(43)40-24-32(27-10-6-4-7-11-27)35(42)38-22-26-14-15-30(21-37)25(2)20-26/h4-20,32-33H,3,21-24,37H2,1-2H3,(H,38,42)(H,39,41)(H,40,43)/t32-,33+/m0/s1. The van der Waals surface area contributed by atoms with Crippen molar-refractivity contribution < 1.29 is 19.1 Å². The summed E-state index contributed by atoms with van der Waals surface area (Å²) in [6, 6.07) is 31.4. The number of carbonyl (C=O) groups excluding carboxylic acids is 3. The van der Waals surface area contributed by atoms with E-state index in [1.165, 1.54) is 0 Å². The van der Waals surface area contributed by atoms with E-state index >= 15 is 0 Å². The molecule has 8 nitrogen and oxygen atoms in total. The molecular weight excluding hydrogens is 552 g/mol. The van der Waals surface area contributed by atoms with Crippen LogP contribution in [0.2, 0.25) is 0 Å². The van der Waals surface area contributed by atoms with Gasteiger partial charge in [0, 0.05) is 31.7 Å². The molecule has 0 aliphatic carbocycles. The molecule has 0 spiro atoms. The molecule has 8 heteroatoms. The molecule has 0 bridgehead atoms. The third-order valence-corrected chi connectivity index (χ3v) is 7.51. The Morgan fingerprint density at radius 1 is 0.727 bits per heavy atom. The third kappa shape index (κ3) is 8.78. The van der Waals surface area contributed by atoms with Gasteiger partial charge in [-0.15, -0.1) is 0 Å². The minimum absolute atomic E-state index is 0.0773. The molecule has 44 heavy (non-hydrogen) atoms. The number of ether oxygens (including phenoxy) is 1. The van der Waals surface area contributed by atoms with E-state index in [-0.39, 0.29) is 30.8 Å². The maximum Gasteiger partial charge on any atom is 0.251 e. The zero-order valence-corrected chi connectivity index (χ0v) is 25.2. The van der Waals surface area contributed by atoms with E-state index in [0.717, 1.165) is 27.8 Å². The fourth-order valence-electron chi connectivity index (χ4n) is 4.99. The Morgan fingerprint density at radius 2 is 1.32 bits per heavy atom. The van der Waals surface area contributed by atoms with Crippen molar-refractivity contribution in [2.45, 2.75) is 38.8 Å². The van der Waals surface area contributed by atoms with Gasteiger partial charge in [-0.2, -0.15) is 0 Å². The SMILES string of the molecule is CCOc1ccc([C@@H](CNC(=O)c2ccccc2)C(=O)NC[C@H](C(=O)NCc2ccc(CN)c(C)c2)c2ccccc2)cc1. The van der Waals surface area contributed by atoms with Gasteiger partial charge in [-0.05, 0) is 65.9 Å². The van der Waals surface area contributed by atoms with Crippen LogP contribution < -0.4 is 26.4 Å². The minimum Gasteiger partial charge on any atom is -0.494 e. The second-order valence-electron chi connectivity index (χ2n) is 10.5. The first-order chi connectivity index (χ1) is 21.4. The number of nitrogens with one attached hydrogen (secondary N) is 3. The largest absolute Gasteiger partial charge is 0.494 e. The number of rotatable bonds is 14. The topological polar surface area (TPSA) is 123 Å². The predicted octanol–water partition coefficient (Wildman–Crippen LogP) is 4.58. The Balaban J connectivity index is 1.48. The summed E-state index contributed by atoms with van der Waals surface area (Å²) in [4.78, 5) is 40.0. The van der Waals surface area contributed by atoms with Crippen LogP contribution in [0.1, 0.15) is 56.9 Å². The van der Waals surface area contributed by atoms with Gasteiger partial charge in [0.2, 0.25) is 11.8 Å². The molecule has 0 fully saturated rings. The van der Waals surface area contributed by atoms with E-state index in [1.54, 1.807) is 36.4 Å². The van der Waals surface area contributed by atoms with Gasteiger partial charge in [-0.1, -0.05) is 78.9 Å². The molecule has 0 unspecified atom stereocenters. The summed E-state index contributed by atoms with van der Waals surface area (Å²) in [6.07, 6.45) is 0. The number of nitrogens with two attached hydrogens (primary N) is 1. The number of hydrogen-bond acceptors (Lipinski definition) is 5. The van der Waals surface area contributed by atoms with Gasteiger partial charge in [-0.3, -0.25) is 14.4 Å². The van der Waals surface area contributed by atoms with Crippen LogP contribution in [0.25, 0.3) is 0 Å². The number of hydrogen-bond donors (Lipinski definition) is 4. The number of carbonyl (C=O) groups is 3. The Morgan fingerprint density at radius 3 is 1.93 bits per heavy atom. The van der Waals surface area contributed by atoms with E-state index in [2.05, 4.69) is 16.0 Å². The van der Waals surface area contributed by atoms with E-state index in [0.29, 0.717) is 31.0 Å². The molecule has 4 aromatic carbocycles. The van der Waals surface area contributed by atoms with Crippen molar-refractivity contribution in [3.05, 3.63) is 137 Å². The van der Waals surface area contributed by atoms with Crippen LogP contribution in [0.4, 0.5) is 0 Å². The molecule has 4 aromatic rings. The molecule has 0 aliphatic rings. The number of aryl methyl sites for hydroxylation is 1. The maximum atomic E-state index is 13.7. The van der Waals surface area contributed by atoms with E-state index in [4.69, 9.17) is 10.5 Å². The van der Waals surface area contributed by atoms with Crippen LogP contribution in [0.15, 0.2) is 103 Å². The zero-order valence-electron chi connectivity index (χ0n) is 25.2. The average Bonchev–Trinajstić information content (AvgIpc) is 3.05. The van der Waals surface area contributed by atoms with Crippen LogP contribution in [0, 0.1) is 6.92 Å². The van der Waals surface area contributed by atoms with Crippen LogP contribution in [0.5, 0.6) is 5.75 Å². The summed E-state index contributed by atoms with van der Waals surface area (Å²) < 4.78 is 5.56. The van der Waals surface area contributed by atoms with Crippen LogP contribution >= 0.6 is 0 Å². The highest BCUT2D eigenvalue weighted by atomic mass is 16.5. The molecule has 0 saturated carbocycles. The molecule has 0 heterocycles. The summed E-state index contributed by atoms with van der Waals surface area (Å²) in [5, 5.41) is 8.91. The van der Waals surface area contributed by atoms with Gasteiger partial charge in [-0.25, -0.2) is 0 Å². The first-order valence-corrected chi connectivity index (χ1v) is 14.8. The molecule has 5 N–H and O–H groups in total. The Labute approximate surface area is 259 Å². The summed E-state index contributed by atoms with van der Waals surface area (Å²) in [6.45, 7) is 5.40. The highest BCUT2D eigenvalue weighted by Crippen LogP contribution is 2.22. The van der Waals surface area contributed by atoms with Crippen molar-refractivity contribution >= 4 is 17.7 Å². The molecule has 0 radical (unpaired) electrons. The van der Waals surface area contributed by atoms with Crippen molar-refractivity contribution in [3.63, 3.8) is 0 Å². The molecule has 0 aromatic heterocycles. The van der Waals surface area contributed by atoms with E-state index in [1.807, 2.05) is 80.6 Å². The monoisotopic (exact) mass is 592 g/mol. The van der Waals surface area contributed by atoms with E-state index < -0.39 is 11.8 Å². The van der Waals surface area contributed by atoms with Crippen LogP contribution in [-0.2, 0) is 22.7 Å². The lowest BCUT2D eigenvalue weighted by atomic mass is 9.95. The summed E-state index contributed by atoms with van der Waals surface area (Å²) in [7, 11) is 0. The van der Waals surface area contributed by atoms with Gasteiger partial charge in [0.15, 0.2) is 0 Å². The Bertz CT molecular complexity index is 1530. The maximum absolute atomic E-state index is 13.7. The predicted molar refractivity (Wildman–Crippen MR) is 172 cm³/mol. The fourth-order valence-corrected chi connectivity index (χ4v) is 4.99. The van der Waals surface area contributed by atoms with Crippen molar-refractivity contribution in [1.29, 1.82) is 0 Å². The highest BCUT2D eigenvalue weighted by molar-refractivity contribution is 5.95. The summed E-state index contributed by atoms with van der Waals surface area (Å²) >= 11 is 0. The Hall–Kier alpha value is -4.95. The normalized spacial score (nSPS) is 12.1. The first kappa shape index (κ1) is 32.0. The van der Waals surface area contributed by atoms with Crippen molar-refractivity contribution in [3.8, 4) is 5.75 Å². The molecule has 0 saturated heterocycles. The fraction of sp³-hybridized carbons (Fsp3) is 0.250. The van der Waals surface area contributed by atoms with Crippen molar-refractivity contribution in [1.82, 2.24) is 16.0 Å².